The van der Waals surface area contributed by atoms with Gasteiger partial charge in [0.05, 0.1) is 0 Å². The predicted octanol–water partition coefficient (Wildman–Crippen LogP) is 3.55. The van der Waals surface area contributed by atoms with Crippen molar-refractivity contribution in [3.63, 3.8) is 0 Å². The van der Waals surface area contributed by atoms with Gasteiger partial charge in [0.25, 0.3) is 0 Å². The maximum Gasteiger partial charge on any atom is 0.139 e. The monoisotopic (exact) mass is 271 g/mol. The number of piperidine rings is 1. The molecule has 0 aromatic carbocycles. The van der Waals surface area contributed by atoms with E-state index in [2.05, 4.69) is 39.7 Å². The van der Waals surface area contributed by atoms with Crippen molar-refractivity contribution in [3.05, 3.63) is 30.6 Å². The van der Waals surface area contributed by atoms with Gasteiger partial charge >= 0.3 is 0 Å². The van der Waals surface area contributed by atoms with E-state index in [-0.39, 0.29) is 0 Å². The van der Waals surface area contributed by atoms with E-state index in [4.69, 9.17) is 0 Å². The highest BCUT2D eigenvalue weighted by Crippen LogP contribution is 2.22. The van der Waals surface area contributed by atoms with Crippen LogP contribution in [0.3, 0.4) is 0 Å². The molecule has 1 aliphatic heterocycles. The minimum absolute atomic E-state index is 0.811. The van der Waals surface area contributed by atoms with Crippen LogP contribution in [0.15, 0.2) is 30.6 Å². The zero-order chi connectivity index (χ0) is 13.8. The van der Waals surface area contributed by atoms with Gasteiger partial charge in [0.15, 0.2) is 0 Å². The first-order valence-electron chi connectivity index (χ1n) is 7.99. The first kappa shape index (κ1) is 13.6. The van der Waals surface area contributed by atoms with Crippen molar-refractivity contribution in [1.82, 2.24) is 14.5 Å². The zero-order valence-electron chi connectivity index (χ0n) is 12.5. The summed E-state index contributed by atoms with van der Waals surface area (Å²) in [6, 6.07) is 6.34. The molecule has 3 nitrogen and oxygen atoms in total. The Kier molecular flexibility index (Phi) is 4.36. The van der Waals surface area contributed by atoms with Gasteiger partial charge in [-0.15, -0.1) is 0 Å². The first-order chi connectivity index (χ1) is 9.86. The minimum atomic E-state index is 0.811. The topological polar surface area (TPSA) is 21.1 Å². The normalized spacial score (nSPS) is 17.9. The van der Waals surface area contributed by atoms with E-state index in [1.54, 1.807) is 0 Å². The molecule has 2 aromatic heterocycles. The van der Waals surface area contributed by atoms with Crippen LogP contribution >= 0.6 is 0 Å². The number of fused-ring (bicyclic) bond motifs is 1. The second kappa shape index (κ2) is 6.40. The third-order valence-corrected chi connectivity index (χ3v) is 4.51. The Morgan fingerprint density at radius 3 is 2.90 bits per heavy atom. The number of nitrogens with zero attached hydrogens (tertiary/aromatic N) is 3. The molecule has 3 heteroatoms. The van der Waals surface area contributed by atoms with E-state index in [9.17, 15) is 0 Å². The van der Waals surface area contributed by atoms with Crippen molar-refractivity contribution >= 4 is 11.0 Å². The van der Waals surface area contributed by atoms with E-state index >= 15 is 0 Å². The van der Waals surface area contributed by atoms with Crippen molar-refractivity contribution in [2.45, 2.75) is 39.2 Å². The van der Waals surface area contributed by atoms with Crippen molar-refractivity contribution in [2.75, 3.05) is 19.6 Å². The van der Waals surface area contributed by atoms with Crippen LogP contribution in [0, 0.1) is 5.92 Å². The second-order valence-electron chi connectivity index (χ2n) is 6.02. The average molecular weight is 271 g/mol. The van der Waals surface area contributed by atoms with Crippen LogP contribution in [-0.4, -0.2) is 34.1 Å². The molecule has 3 rings (SSSR count). The summed E-state index contributed by atoms with van der Waals surface area (Å²) in [5.74, 6) is 0.811. The van der Waals surface area contributed by atoms with Crippen LogP contribution in [0.5, 0.6) is 0 Å². The molecular formula is C17H25N3. The van der Waals surface area contributed by atoms with E-state index < -0.39 is 0 Å². The predicted molar refractivity (Wildman–Crippen MR) is 83.8 cm³/mol. The lowest BCUT2D eigenvalue weighted by Gasteiger charge is -2.32. The van der Waals surface area contributed by atoms with Crippen molar-refractivity contribution in [2.24, 2.45) is 5.92 Å². The lowest BCUT2D eigenvalue weighted by molar-refractivity contribution is 0.172. The van der Waals surface area contributed by atoms with Gasteiger partial charge in [-0.05, 0) is 63.0 Å². The zero-order valence-corrected chi connectivity index (χ0v) is 12.5. The molecule has 1 aliphatic rings. The largest absolute Gasteiger partial charge is 0.332 e. The summed E-state index contributed by atoms with van der Waals surface area (Å²) >= 11 is 0. The van der Waals surface area contributed by atoms with Crippen LogP contribution in [0.4, 0.5) is 0 Å². The molecule has 0 bridgehead atoms. The molecule has 0 atom stereocenters. The SMILES string of the molecule is CCCCN1CCC(Cn2ccc3cccnc32)CC1. The summed E-state index contributed by atoms with van der Waals surface area (Å²) in [5, 5.41) is 1.26. The van der Waals surface area contributed by atoms with Crippen molar-refractivity contribution in [3.8, 4) is 0 Å². The number of likely N-dealkylation sites (tertiary alicyclic amines) is 1. The van der Waals surface area contributed by atoms with Gasteiger partial charge in [-0.25, -0.2) is 4.98 Å². The molecule has 2 aromatic rings. The van der Waals surface area contributed by atoms with Crippen molar-refractivity contribution in [1.29, 1.82) is 0 Å². The average Bonchev–Trinajstić information content (AvgIpc) is 2.90. The Morgan fingerprint density at radius 2 is 2.10 bits per heavy atom. The van der Waals surface area contributed by atoms with E-state index in [0.29, 0.717) is 0 Å². The molecule has 0 saturated carbocycles. The highest BCUT2D eigenvalue weighted by molar-refractivity contribution is 5.75. The van der Waals surface area contributed by atoms with Gasteiger partial charge in [0.1, 0.15) is 5.65 Å². The van der Waals surface area contributed by atoms with Gasteiger partial charge in [-0.1, -0.05) is 13.3 Å². The first-order valence-corrected chi connectivity index (χ1v) is 7.99. The summed E-state index contributed by atoms with van der Waals surface area (Å²) in [5.41, 5.74) is 1.14. The Labute approximate surface area is 121 Å². The van der Waals surface area contributed by atoms with E-state index in [1.807, 2.05) is 12.3 Å². The fourth-order valence-electron chi connectivity index (χ4n) is 3.22. The van der Waals surface area contributed by atoms with Crippen LogP contribution in [0.1, 0.15) is 32.6 Å². The van der Waals surface area contributed by atoms with Crippen LogP contribution in [0.2, 0.25) is 0 Å². The number of rotatable bonds is 5. The third kappa shape index (κ3) is 3.04. The molecule has 108 valence electrons. The third-order valence-electron chi connectivity index (χ3n) is 4.51. The maximum absolute atomic E-state index is 4.51. The fourth-order valence-corrected chi connectivity index (χ4v) is 3.22. The summed E-state index contributed by atoms with van der Waals surface area (Å²) < 4.78 is 2.34. The molecule has 1 saturated heterocycles. The maximum atomic E-state index is 4.51. The Bertz CT molecular complexity index is 538. The van der Waals surface area contributed by atoms with E-state index in [1.165, 1.54) is 50.7 Å². The Hall–Kier alpha value is -1.35. The number of aromatic nitrogens is 2. The summed E-state index contributed by atoms with van der Waals surface area (Å²) in [6.07, 6.45) is 9.40. The number of unbranched alkanes of at least 4 members (excludes halogenated alkanes) is 1. The van der Waals surface area contributed by atoms with Crippen LogP contribution < -0.4 is 0 Å². The van der Waals surface area contributed by atoms with Gasteiger partial charge in [-0.2, -0.15) is 0 Å². The molecule has 0 aliphatic carbocycles. The Morgan fingerprint density at radius 1 is 1.25 bits per heavy atom. The summed E-state index contributed by atoms with van der Waals surface area (Å²) in [7, 11) is 0. The van der Waals surface area contributed by atoms with Gasteiger partial charge in [-0.3, -0.25) is 0 Å². The molecule has 0 spiro atoms. The quantitative estimate of drug-likeness (QED) is 0.829. The lowest BCUT2D eigenvalue weighted by Crippen LogP contribution is -2.35. The summed E-state index contributed by atoms with van der Waals surface area (Å²) in [4.78, 5) is 7.15. The van der Waals surface area contributed by atoms with Gasteiger partial charge < -0.3 is 9.47 Å². The molecule has 3 heterocycles. The molecule has 0 N–H and O–H groups in total. The molecular weight excluding hydrogens is 246 g/mol. The number of hydrogen-bond acceptors (Lipinski definition) is 2. The van der Waals surface area contributed by atoms with Crippen molar-refractivity contribution < 1.29 is 0 Å². The standard InChI is InChI=1S/C17H25N3/c1-2-3-10-19-11-6-15(7-12-19)14-20-13-8-16-5-4-9-18-17(16)20/h4-5,8-9,13,15H,2-3,6-7,10-12,14H2,1H3. The van der Waals surface area contributed by atoms with Crippen LogP contribution in [0.25, 0.3) is 11.0 Å². The second-order valence-corrected chi connectivity index (χ2v) is 6.02. The van der Waals surface area contributed by atoms with Crippen LogP contribution in [-0.2, 0) is 6.54 Å². The number of pyridine rings is 1. The Balaban J connectivity index is 1.57. The highest BCUT2D eigenvalue weighted by Gasteiger charge is 2.19. The molecule has 20 heavy (non-hydrogen) atoms. The van der Waals surface area contributed by atoms with Gasteiger partial charge in [0, 0.05) is 24.3 Å². The van der Waals surface area contributed by atoms with Gasteiger partial charge in [0.2, 0.25) is 0 Å². The molecule has 1 fully saturated rings. The smallest absolute Gasteiger partial charge is 0.139 e. The number of hydrogen-bond donors (Lipinski definition) is 0. The molecule has 0 radical (unpaired) electrons. The summed E-state index contributed by atoms with van der Waals surface area (Å²) in [6.45, 7) is 7.24. The highest BCUT2D eigenvalue weighted by atomic mass is 15.1. The molecule has 0 amide bonds. The van der Waals surface area contributed by atoms with E-state index in [0.717, 1.165) is 18.1 Å². The lowest BCUT2D eigenvalue weighted by atomic mass is 9.96. The fraction of sp³-hybridized carbons (Fsp3) is 0.588. The molecule has 0 unspecified atom stereocenters. The minimum Gasteiger partial charge on any atom is -0.332 e.